The molecule has 0 spiro atoms. The molecule has 10 heteroatoms. The van der Waals surface area contributed by atoms with Gasteiger partial charge in [-0.1, -0.05) is 0 Å². The van der Waals surface area contributed by atoms with E-state index in [0.717, 1.165) is 43.3 Å². The van der Waals surface area contributed by atoms with Crippen molar-refractivity contribution in [1.29, 1.82) is 0 Å². The maximum absolute atomic E-state index is 13.0. The van der Waals surface area contributed by atoms with Gasteiger partial charge in [-0.2, -0.15) is 0 Å². The van der Waals surface area contributed by atoms with Gasteiger partial charge in [-0.3, -0.25) is 0 Å². The fourth-order valence-electron chi connectivity index (χ4n) is 4.56. The normalized spacial score (nSPS) is 21.3. The zero-order valence-corrected chi connectivity index (χ0v) is 18.7. The Bertz CT molecular complexity index is 1290. The standard InChI is InChI=1S/C23H27F2N7O/c1-14-28-18-4-3-17(29-21(18)31(14)13-20(24)25)16-7-10-32-19(16)12-27-22(30-32)26-11-15-5-8-23(2,33)9-6-15/h3-4,7,10,12,15,20,33H,5-6,8-9,11,13H2,1-2H3,(H,26,30)/t15-,23-. The van der Waals surface area contributed by atoms with E-state index in [9.17, 15) is 13.9 Å². The lowest BCUT2D eigenvalue weighted by Crippen LogP contribution is -2.32. The molecule has 0 atom stereocenters. The molecule has 0 amide bonds. The van der Waals surface area contributed by atoms with Crippen LogP contribution in [0.5, 0.6) is 0 Å². The van der Waals surface area contributed by atoms with Gasteiger partial charge in [-0.25, -0.2) is 28.2 Å². The number of aryl methyl sites for hydroxylation is 1. The van der Waals surface area contributed by atoms with Crippen LogP contribution in [0.1, 0.15) is 38.4 Å². The van der Waals surface area contributed by atoms with Crippen LogP contribution in [-0.2, 0) is 6.54 Å². The molecule has 2 N–H and O–H groups in total. The largest absolute Gasteiger partial charge is 0.390 e. The number of hydrogen-bond acceptors (Lipinski definition) is 6. The first-order chi connectivity index (χ1) is 15.8. The lowest BCUT2D eigenvalue weighted by Gasteiger charge is -2.33. The summed E-state index contributed by atoms with van der Waals surface area (Å²) in [6.45, 7) is 3.93. The lowest BCUT2D eigenvalue weighted by atomic mass is 9.80. The fraction of sp³-hybridized carbons (Fsp3) is 0.478. The third-order valence-corrected chi connectivity index (χ3v) is 6.53. The summed E-state index contributed by atoms with van der Waals surface area (Å²) in [6, 6.07) is 5.53. The molecule has 174 valence electrons. The number of aliphatic hydroxyl groups is 1. The summed E-state index contributed by atoms with van der Waals surface area (Å²) in [5, 5.41) is 18.0. The van der Waals surface area contributed by atoms with E-state index in [0.29, 0.717) is 34.5 Å². The van der Waals surface area contributed by atoms with Gasteiger partial charge in [0.25, 0.3) is 6.43 Å². The molecule has 8 nitrogen and oxygen atoms in total. The Morgan fingerprint density at radius 3 is 2.76 bits per heavy atom. The molecule has 0 saturated heterocycles. The van der Waals surface area contributed by atoms with Crippen molar-refractivity contribution >= 4 is 22.6 Å². The van der Waals surface area contributed by atoms with Crippen LogP contribution >= 0.6 is 0 Å². The van der Waals surface area contributed by atoms with Crippen molar-refractivity contribution in [3.63, 3.8) is 0 Å². The van der Waals surface area contributed by atoms with Crippen LogP contribution in [0.15, 0.2) is 30.6 Å². The van der Waals surface area contributed by atoms with E-state index >= 15 is 0 Å². The zero-order chi connectivity index (χ0) is 23.2. The molecule has 5 rings (SSSR count). The summed E-state index contributed by atoms with van der Waals surface area (Å²) in [4.78, 5) is 13.4. The van der Waals surface area contributed by atoms with Crippen LogP contribution in [0, 0.1) is 12.8 Å². The highest BCUT2D eigenvalue weighted by molar-refractivity contribution is 5.82. The predicted molar refractivity (Wildman–Crippen MR) is 121 cm³/mol. The maximum atomic E-state index is 13.0. The van der Waals surface area contributed by atoms with Gasteiger partial charge in [0.05, 0.1) is 29.6 Å². The van der Waals surface area contributed by atoms with Gasteiger partial charge in [0.2, 0.25) is 5.95 Å². The SMILES string of the molecule is Cc1nc2ccc(-c3ccn4nc(NC[C@H]5CC[C@](C)(O)CC5)ncc34)nc2n1CC(F)F. The molecule has 0 unspecified atom stereocenters. The highest BCUT2D eigenvalue weighted by Crippen LogP contribution is 2.32. The second-order valence-electron chi connectivity index (χ2n) is 9.16. The van der Waals surface area contributed by atoms with Crippen LogP contribution in [-0.4, -0.2) is 52.8 Å². The summed E-state index contributed by atoms with van der Waals surface area (Å²) in [7, 11) is 0. The Morgan fingerprint density at radius 2 is 2.00 bits per heavy atom. The van der Waals surface area contributed by atoms with Crippen LogP contribution in [0.2, 0.25) is 0 Å². The monoisotopic (exact) mass is 455 g/mol. The average Bonchev–Trinajstić information content (AvgIpc) is 3.33. The molecule has 0 radical (unpaired) electrons. The molecule has 0 bridgehead atoms. The van der Waals surface area contributed by atoms with Gasteiger partial charge < -0.3 is 15.0 Å². The quantitative estimate of drug-likeness (QED) is 0.455. The van der Waals surface area contributed by atoms with Crippen LogP contribution in [0.3, 0.4) is 0 Å². The Labute approximate surface area is 189 Å². The molecule has 0 aromatic carbocycles. The minimum absolute atomic E-state index is 0.439. The minimum atomic E-state index is -2.48. The first kappa shape index (κ1) is 21.7. The summed E-state index contributed by atoms with van der Waals surface area (Å²) < 4.78 is 29.2. The van der Waals surface area contributed by atoms with Crippen LogP contribution in [0.4, 0.5) is 14.7 Å². The molecular formula is C23H27F2N7O. The third-order valence-electron chi connectivity index (χ3n) is 6.53. The van der Waals surface area contributed by atoms with Gasteiger partial charge >= 0.3 is 0 Å². The fourth-order valence-corrected chi connectivity index (χ4v) is 4.56. The van der Waals surface area contributed by atoms with Crippen molar-refractivity contribution in [2.24, 2.45) is 5.92 Å². The van der Waals surface area contributed by atoms with E-state index in [2.05, 4.69) is 25.4 Å². The van der Waals surface area contributed by atoms with E-state index < -0.39 is 18.6 Å². The maximum Gasteiger partial charge on any atom is 0.256 e. The van der Waals surface area contributed by atoms with E-state index in [4.69, 9.17) is 0 Å². The van der Waals surface area contributed by atoms with Crippen molar-refractivity contribution in [3.8, 4) is 11.3 Å². The topological polar surface area (TPSA) is 93.2 Å². The predicted octanol–water partition coefficient (Wildman–Crippen LogP) is 4.07. The summed E-state index contributed by atoms with van der Waals surface area (Å²) in [6.07, 6.45) is 4.67. The van der Waals surface area contributed by atoms with Gasteiger partial charge in [-0.15, -0.1) is 5.10 Å². The number of alkyl halides is 2. The van der Waals surface area contributed by atoms with Gasteiger partial charge in [-0.05, 0) is 63.6 Å². The minimum Gasteiger partial charge on any atom is -0.390 e. The Morgan fingerprint density at radius 1 is 1.21 bits per heavy atom. The highest BCUT2D eigenvalue weighted by Gasteiger charge is 2.28. The molecule has 1 saturated carbocycles. The number of pyridine rings is 1. The lowest BCUT2D eigenvalue weighted by molar-refractivity contribution is 0.00975. The van der Waals surface area contributed by atoms with Gasteiger partial charge in [0, 0.05) is 18.3 Å². The van der Waals surface area contributed by atoms with E-state index in [1.165, 1.54) is 4.57 Å². The van der Waals surface area contributed by atoms with Crippen molar-refractivity contribution in [3.05, 3.63) is 36.4 Å². The van der Waals surface area contributed by atoms with Gasteiger partial charge in [0.1, 0.15) is 11.3 Å². The first-order valence-corrected chi connectivity index (χ1v) is 11.2. The molecule has 0 aliphatic heterocycles. The van der Waals surface area contributed by atoms with Crippen molar-refractivity contribution in [2.45, 2.75) is 58.1 Å². The average molecular weight is 456 g/mol. The Balaban J connectivity index is 1.37. The number of rotatable bonds is 6. The number of halogens is 2. The summed E-state index contributed by atoms with van der Waals surface area (Å²) in [5.74, 6) is 1.54. The highest BCUT2D eigenvalue weighted by atomic mass is 19.3. The summed E-state index contributed by atoms with van der Waals surface area (Å²) >= 11 is 0. The number of fused-ring (bicyclic) bond motifs is 2. The summed E-state index contributed by atoms with van der Waals surface area (Å²) in [5.41, 5.74) is 2.74. The van der Waals surface area contributed by atoms with E-state index in [1.807, 2.05) is 25.3 Å². The number of imidazole rings is 1. The number of anilines is 1. The van der Waals surface area contributed by atoms with Crippen molar-refractivity contribution < 1.29 is 13.9 Å². The zero-order valence-electron chi connectivity index (χ0n) is 18.7. The molecule has 4 aromatic heterocycles. The smallest absolute Gasteiger partial charge is 0.256 e. The second kappa shape index (κ2) is 8.33. The van der Waals surface area contributed by atoms with E-state index in [-0.39, 0.29) is 0 Å². The van der Waals surface area contributed by atoms with Crippen molar-refractivity contribution in [1.82, 2.24) is 29.1 Å². The molecule has 33 heavy (non-hydrogen) atoms. The molecule has 1 aliphatic carbocycles. The van der Waals surface area contributed by atoms with Crippen molar-refractivity contribution in [2.75, 3.05) is 11.9 Å². The number of nitrogens with zero attached hydrogens (tertiary/aromatic N) is 6. The third kappa shape index (κ3) is 4.39. The van der Waals surface area contributed by atoms with Crippen LogP contribution < -0.4 is 5.32 Å². The number of nitrogens with one attached hydrogen (secondary N) is 1. The Hall–Kier alpha value is -3.14. The molecule has 4 aromatic rings. The van der Waals surface area contributed by atoms with Crippen LogP contribution in [0.25, 0.3) is 27.9 Å². The molecular weight excluding hydrogens is 428 g/mol. The molecule has 1 aliphatic rings. The van der Waals surface area contributed by atoms with E-state index in [1.54, 1.807) is 23.7 Å². The first-order valence-electron chi connectivity index (χ1n) is 11.2. The number of hydrogen-bond donors (Lipinski definition) is 2. The van der Waals surface area contributed by atoms with Gasteiger partial charge in [0.15, 0.2) is 5.65 Å². The second-order valence-corrected chi connectivity index (χ2v) is 9.16. The molecule has 1 fully saturated rings. The Kier molecular flexibility index (Phi) is 5.48. The molecule has 4 heterocycles. The number of aromatic nitrogens is 6.